The molecule has 0 aromatic carbocycles. The van der Waals surface area contributed by atoms with Crippen LogP contribution in [0.2, 0.25) is 0 Å². The van der Waals surface area contributed by atoms with E-state index in [9.17, 15) is 4.79 Å². The highest BCUT2D eigenvalue weighted by atomic mass is 32.1. The third-order valence-corrected chi connectivity index (χ3v) is 5.79. The molecule has 0 atom stereocenters. The Morgan fingerprint density at radius 3 is 2.16 bits per heavy atom. The number of hydrogen-bond donors (Lipinski definition) is 1. The second kappa shape index (κ2) is 6.52. The first-order valence-electron chi connectivity index (χ1n) is 8.31. The Morgan fingerprint density at radius 2 is 1.72 bits per heavy atom. The van der Waals surface area contributed by atoms with Crippen molar-refractivity contribution in [3.63, 3.8) is 0 Å². The van der Waals surface area contributed by atoms with Gasteiger partial charge in [0.15, 0.2) is 0 Å². The standard InChI is InChI=1S/C18H26BFO4S/c1-16(2,3)14(12-9-8-11(25-12)10-13(21)22)15(20)19-23-17(4,5)18(6,7)24-19/h8-9H,10H2,1-7H3,(H,21,22). The molecule has 2 rings (SSSR count). The number of allylic oxidation sites excluding steroid dienone is 1. The van der Waals surface area contributed by atoms with E-state index < -0.39 is 35.4 Å². The topological polar surface area (TPSA) is 55.8 Å². The van der Waals surface area contributed by atoms with Gasteiger partial charge in [0.1, 0.15) is 5.73 Å². The molecule has 7 heteroatoms. The van der Waals surface area contributed by atoms with E-state index in [-0.39, 0.29) is 6.42 Å². The van der Waals surface area contributed by atoms with Crippen LogP contribution in [0, 0.1) is 5.41 Å². The summed E-state index contributed by atoms with van der Waals surface area (Å²) in [5.41, 5.74) is -1.69. The van der Waals surface area contributed by atoms with Gasteiger partial charge in [-0.2, -0.15) is 0 Å². The normalized spacial score (nSPS) is 20.6. The summed E-state index contributed by atoms with van der Waals surface area (Å²) in [6, 6.07) is 3.51. The maximum atomic E-state index is 15.4. The zero-order valence-electron chi connectivity index (χ0n) is 15.9. The van der Waals surface area contributed by atoms with Gasteiger partial charge in [0, 0.05) is 15.3 Å². The summed E-state index contributed by atoms with van der Waals surface area (Å²) >= 11 is 1.29. The van der Waals surface area contributed by atoms with Crippen LogP contribution in [0.5, 0.6) is 0 Å². The molecule has 1 saturated heterocycles. The third-order valence-electron chi connectivity index (χ3n) is 4.68. The van der Waals surface area contributed by atoms with E-state index in [1.54, 1.807) is 12.1 Å². The van der Waals surface area contributed by atoms with Gasteiger partial charge in [-0.1, -0.05) is 20.8 Å². The van der Waals surface area contributed by atoms with Crippen molar-refractivity contribution in [1.29, 1.82) is 0 Å². The maximum absolute atomic E-state index is 15.4. The van der Waals surface area contributed by atoms with Crippen molar-refractivity contribution in [1.82, 2.24) is 0 Å². The molecule has 0 amide bonds. The SMILES string of the molecule is CC(C)(C)C(=C(F)B1OC(C)(C)C(C)(C)O1)c1ccc(CC(=O)O)s1. The van der Waals surface area contributed by atoms with Gasteiger partial charge in [-0.05, 0) is 45.2 Å². The Hall–Kier alpha value is -1.18. The number of thiophene rings is 1. The first-order valence-corrected chi connectivity index (χ1v) is 9.13. The van der Waals surface area contributed by atoms with Crippen LogP contribution in [0.3, 0.4) is 0 Å². The number of halogens is 1. The predicted molar refractivity (Wildman–Crippen MR) is 99.2 cm³/mol. The van der Waals surface area contributed by atoms with Gasteiger partial charge in [0.05, 0.1) is 17.6 Å². The van der Waals surface area contributed by atoms with Crippen LogP contribution in [0.4, 0.5) is 4.39 Å². The van der Waals surface area contributed by atoms with Crippen LogP contribution in [-0.4, -0.2) is 29.4 Å². The third kappa shape index (κ3) is 4.15. The lowest BCUT2D eigenvalue weighted by Gasteiger charge is -2.32. The Morgan fingerprint density at radius 1 is 1.20 bits per heavy atom. The monoisotopic (exact) mass is 368 g/mol. The van der Waals surface area contributed by atoms with Crippen LogP contribution in [0.15, 0.2) is 17.9 Å². The van der Waals surface area contributed by atoms with E-state index >= 15 is 4.39 Å². The fourth-order valence-corrected chi connectivity index (χ4v) is 3.92. The molecule has 1 aliphatic rings. The molecule has 1 aliphatic heterocycles. The van der Waals surface area contributed by atoms with E-state index in [0.29, 0.717) is 15.3 Å². The van der Waals surface area contributed by atoms with Crippen molar-refractivity contribution < 1.29 is 23.6 Å². The second-order valence-electron chi connectivity index (χ2n) is 8.40. The van der Waals surface area contributed by atoms with Gasteiger partial charge < -0.3 is 14.4 Å². The molecule has 0 saturated carbocycles. The summed E-state index contributed by atoms with van der Waals surface area (Å²) in [6.07, 6.45) is -0.0692. The summed E-state index contributed by atoms with van der Waals surface area (Å²) in [4.78, 5) is 12.3. The molecule has 1 aromatic rings. The first kappa shape index (κ1) is 20.1. The molecule has 1 N–H and O–H groups in total. The van der Waals surface area contributed by atoms with Crippen LogP contribution in [0.25, 0.3) is 5.57 Å². The number of carbonyl (C=O) groups is 1. The van der Waals surface area contributed by atoms with Gasteiger partial charge >= 0.3 is 13.1 Å². The first-order chi connectivity index (χ1) is 11.2. The minimum absolute atomic E-state index is 0.0692. The fourth-order valence-electron chi connectivity index (χ4n) is 2.67. The summed E-state index contributed by atoms with van der Waals surface area (Å²) < 4.78 is 27.1. The van der Waals surface area contributed by atoms with Crippen molar-refractivity contribution in [2.75, 3.05) is 0 Å². The van der Waals surface area contributed by atoms with E-state index in [1.165, 1.54) is 11.3 Å². The average Bonchev–Trinajstić information content (AvgIpc) is 2.90. The smallest absolute Gasteiger partial charge is 0.481 e. The molecule has 4 nitrogen and oxygen atoms in total. The molecule has 25 heavy (non-hydrogen) atoms. The number of aliphatic carboxylic acids is 1. The predicted octanol–water partition coefficient (Wildman–Crippen LogP) is 4.73. The number of carboxylic acid groups (broad SMARTS) is 1. The zero-order chi connectivity index (χ0) is 19.2. The molecule has 1 fully saturated rings. The van der Waals surface area contributed by atoms with Gasteiger partial charge in [-0.15, -0.1) is 11.3 Å². The van der Waals surface area contributed by atoms with E-state index in [0.717, 1.165) is 0 Å². The Kier molecular flexibility index (Phi) is 5.26. The van der Waals surface area contributed by atoms with Crippen LogP contribution in [-0.2, 0) is 20.5 Å². The summed E-state index contributed by atoms with van der Waals surface area (Å²) in [6.45, 7) is 13.3. The molecule has 0 unspecified atom stereocenters. The zero-order valence-corrected chi connectivity index (χ0v) is 16.7. The summed E-state index contributed by atoms with van der Waals surface area (Å²) in [5, 5.41) is 8.95. The summed E-state index contributed by atoms with van der Waals surface area (Å²) in [5.74, 6) is -0.902. The van der Waals surface area contributed by atoms with Crippen molar-refractivity contribution >= 4 is 30.0 Å². The molecule has 2 heterocycles. The van der Waals surface area contributed by atoms with Gasteiger partial charge in [0.25, 0.3) is 0 Å². The molecule has 0 radical (unpaired) electrons. The minimum atomic E-state index is -1.07. The van der Waals surface area contributed by atoms with Gasteiger partial charge in [0.2, 0.25) is 0 Å². The lowest BCUT2D eigenvalue weighted by molar-refractivity contribution is -0.136. The molecule has 138 valence electrons. The highest BCUT2D eigenvalue weighted by Crippen LogP contribution is 2.45. The lowest BCUT2D eigenvalue weighted by Crippen LogP contribution is -2.41. The average molecular weight is 368 g/mol. The van der Waals surface area contributed by atoms with Crippen molar-refractivity contribution in [2.24, 2.45) is 5.41 Å². The van der Waals surface area contributed by atoms with Crippen molar-refractivity contribution in [3.8, 4) is 0 Å². The molecular formula is C18H26BFO4S. The Labute approximate surface area is 153 Å². The number of carboxylic acids is 1. The quantitative estimate of drug-likeness (QED) is 0.781. The van der Waals surface area contributed by atoms with E-state index in [2.05, 4.69) is 0 Å². The highest BCUT2D eigenvalue weighted by molar-refractivity contribution is 7.13. The molecule has 1 aromatic heterocycles. The van der Waals surface area contributed by atoms with Gasteiger partial charge in [-0.3, -0.25) is 4.79 Å². The van der Waals surface area contributed by atoms with Crippen LogP contribution < -0.4 is 0 Å². The highest BCUT2D eigenvalue weighted by Gasteiger charge is 2.54. The lowest BCUT2D eigenvalue weighted by atomic mass is 9.75. The van der Waals surface area contributed by atoms with Crippen molar-refractivity contribution in [3.05, 3.63) is 27.6 Å². The molecule has 0 aliphatic carbocycles. The van der Waals surface area contributed by atoms with Crippen LogP contribution in [0.1, 0.15) is 58.2 Å². The van der Waals surface area contributed by atoms with Crippen LogP contribution >= 0.6 is 11.3 Å². The Balaban J connectivity index is 2.45. The Bertz CT molecular complexity index is 684. The van der Waals surface area contributed by atoms with Gasteiger partial charge in [-0.25, -0.2) is 4.39 Å². The molecule has 0 spiro atoms. The van der Waals surface area contributed by atoms with E-state index in [4.69, 9.17) is 14.4 Å². The molecule has 0 bridgehead atoms. The van der Waals surface area contributed by atoms with E-state index in [1.807, 2.05) is 48.5 Å². The fraction of sp³-hybridized carbons (Fsp3) is 0.611. The minimum Gasteiger partial charge on any atom is -0.481 e. The largest absolute Gasteiger partial charge is 0.525 e. The second-order valence-corrected chi connectivity index (χ2v) is 9.57. The maximum Gasteiger partial charge on any atom is 0.525 e. The van der Waals surface area contributed by atoms with Crippen molar-refractivity contribution in [2.45, 2.75) is 66.1 Å². The molecular weight excluding hydrogens is 342 g/mol. The number of rotatable bonds is 4. The number of hydrogen-bond acceptors (Lipinski definition) is 4. The summed E-state index contributed by atoms with van der Waals surface area (Å²) in [7, 11) is -1.07.